The predicted octanol–water partition coefficient (Wildman–Crippen LogP) is 8.00. The zero-order valence-corrected chi connectivity index (χ0v) is 25.2. The Morgan fingerprint density at radius 2 is 1.44 bits per heavy atom. The Balaban J connectivity index is 1.81. The van der Waals surface area contributed by atoms with E-state index in [2.05, 4.69) is 54.6 Å². The van der Waals surface area contributed by atoms with Crippen LogP contribution in [0.2, 0.25) is 13.3 Å². The molecule has 0 aliphatic heterocycles. The molecule has 0 radical (unpaired) electrons. The van der Waals surface area contributed by atoms with Crippen LogP contribution in [0.5, 0.6) is 0 Å². The summed E-state index contributed by atoms with van der Waals surface area (Å²) in [4.78, 5) is 17.5. The quantitative estimate of drug-likeness (QED) is 0.176. The Kier molecular flexibility index (Phi) is 11.8. The summed E-state index contributed by atoms with van der Waals surface area (Å²) < 4.78 is 5.85. The molecule has 3 rings (SSSR count). The van der Waals surface area contributed by atoms with Crippen LogP contribution in [-0.4, -0.2) is 29.3 Å². The van der Waals surface area contributed by atoms with Crippen LogP contribution in [0.4, 0.5) is 11.4 Å². The molecular weight excluding hydrogens is 549 g/mol. The van der Waals surface area contributed by atoms with Gasteiger partial charge in [-0.05, 0) is 0 Å². The summed E-state index contributed by atoms with van der Waals surface area (Å²) in [6.45, 7) is 7.58. The van der Waals surface area contributed by atoms with Crippen LogP contribution < -0.4 is 14.2 Å². The summed E-state index contributed by atoms with van der Waals surface area (Å²) in [7, 11) is 0. The number of amides is 1. The number of hydrogen-bond acceptors (Lipinski definition) is 3. The van der Waals surface area contributed by atoms with Gasteiger partial charge >= 0.3 is 218 Å². The van der Waals surface area contributed by atoms with Gasteiger partial charge in [-0.2, -0.15) is 0 Å². The van der Waals surface area contributed by atoms with Crippen molar-refractivity contribution in [2.24, 2.45) is 0 Å². The summed E-state index contributed by atoms with van der Waals surface area (Å²) in [5.74, 6) is -0.0681. The molecule has 0 aliphatic rings. The number of hydrogen-bond donors (Lipinski definition) is 2. The second kappa shape index (κ2) is 15.0. The minimum absolute atomic E-state index is 0.0681. The molecule has 192 valence electrons. The topological polar surface area (TPSA) is 54.0 Å². The summed E-state index contributed by atoms with van der Waals surface area (Å²) in [5, 5.41) is 6.65. The van der Waals surface area contributed by atoms with Gasteiger partial charge in [-0.15, -0.1) is 0 Å². The first-order valence-corrected chi connectivity index (χ1v) is 21.2. The molecule has 2 N–H and O–H groups in total. The monoisotopic (exact) mass is 593 g/mol. The SMILES string of the molecule is CCC[CH2][Sn]([CH2]CCC)([CH2]CCC)[c]1cccc(NC(=O)c2ccccc2NCc2ccncc2)c1. The molecule has 1 heterocycles. The van der Waals surface area contributed by atoms with Crippen LogP contribution in [0.15, 0.2) is 73.1 Å². The fourth-order valence-electron chi connectivity index (χ4n) is 5.01. The Bertz CT molecular complexity index is 1050. The van der Waals surface area contributed by atoms with Gasteiger partial charge in [0.1, 0.15) is 0 Å². The molecular formula is C31H43N3OSn. The van der Waals surface area contributed by atoms with Crippen LogP contribution in [0.3, 0.4) is 0 Å². The number of pyridine rings is 1. The van der Waals surface area contributed by atoms with Crippen molar-refractivity contribution in [2.45, 2.75) is 79.2 Å². The van der Waals surface area contributed by atoms with Crippen LogP contribution in [0.1, 0.15) is 75.2 Å². The number of para-hydroxylation sites is 1. The van der Waals surface area contributed by atoms with E-state index >= 15 is 0 Å². The zero-order chi connectivity index (χ0) is 25.6. The van der Waals surface area contributed by atoms with Crippen molar-refractivity contribution >= 4 is 39.2 Å². The molecule has 0 saturated heterocycles. The number of benzene rings is 2. The molecule has 0 aliphatic carbocycles. The van der Waals surface area contributed by atoms with Crippen molar-refractivity contribution in [1.29, 1.82) is 0 Å². The van der Waals surface area contributed by atoms with Gasteiger partial charge in [0.15, 0.2) is 0 Å². The first-order valence-electron chi connectivity index (χ1n) is 13.8. The van der Waals surface area contributed by atoms with E-state index in [4.69, 9.17) is 0 Å². The van der Waals surface area contributed by atoms with Gasteiger partial charge in [0.2, 0.25) is 0 Å². The minimum atomic E-state index is -2.55. The average molecular weight is 592 g/mol. The summed E-state index contributed by atoms with van der Waals surface area (Å²) in [6, 6.07) is 20.6. The fourth-order valence-corrected chi connectivity index (χ4v) is 21.0. The average Bonchev–Trinajstić information content (AvgIpc) is 2.92. The third-order valence-electron chi connectivity index (χ3n) is 7.16. The molecule has 4 nitrogen and oxygen atoms in total. The second-order valence-corrected chi connectivity index (χ2v) is 23.1. The van der Waals surface area contributed by atoms with Gasteiger partial charge in [0, 0.05) is 0 Å². The van der Waals surface area contributed by atoms with E-state index in [1.165, 1.54) is 51.8 Å². The zero-order valence-electron chi connectivity index (χ0n) is 22.4. The van der Waals surface area contributed by atoms with Gasteiger partial charge in [-0.3, -0.25) is 4.98 Å². The molecule has 1 aromatic heterocycles. The van der Waals surface area contributed by atoms with Crippen molar-refractivity contribution in [1.82, 2.24) is 4.98 Å². The molecule has 36 heavy (non-hydrogen) atoms. The standard InChI is InChI=1S/C19H16N3O.3C4H9.Sn/c23-19(22-16-6-2-1-3-7-16)17-8-4-5-9-18(17)21-14-15-10-12-20-13-11-15;3*1-3-4-2;/h1-2,4-13,21H,14H2,(H,22,23);3*1,3-4H2,2H3;. The van der Waals surface area contributed by atoms with Crippen molar-refractivity contribution in [2.75, 3.05) is 10.6 Å². The van der Waals surface area contributed by atoms with Gasteiger partial charge in [0.25, 0.3) is 0 Å². The van der Waals surface area contributed by atoms with E-state index in [9.17, 15) is 4.79 Å². The molecule has 5 heteroatoms. The second-order valence-electron chi connectivity index (χ2n) is 9.88. The first kappa shape index (κ1) is 28.2. The number of carbonyl (C=O) groups is 1. The third-order valence-corrected chi connectivity index (χ3v) is 22.8. The van der Waals surface area contributed by atoms with E-state index in [0.29, 0.717) is 12.1 Å². The molecule has 1 amide bonds. The molecule has 0 fully saturated rings. The van der Waals surface area contributed by atoms with Crippen LogP contribution >= 0.6 is 0 Å². The van der Waals surface area contributed by atoms with E-state index in [1.807, 2.05) is 42.5 Å². The van der Waals surface area contributed by atoms with Crippen molar-refractivity contribution in [3.8, 4) is 0 Å². The third kappa shape index (κ3) is 8.09. The van der Waals surface area contributed by atoms with Gasteiger partial charge in [-0.1, -0.05) is 0 Å². The van der Waals surface area contributed by atoms with E-state index in [0.717, 1.165) is 16.9 Å². The molecule has 2 aromatic carbocycles. The summed E-state index contributed by atoms with van der Waals surface area (Å²) in [6.07, 6.45) is 11.3. The van der Waals surface area contributed by atoms with Crippen LogP contribution in [0.25, 0.3) is 0 Å². The number of carbonyl (C=O) groups excluding carboxylic acids is 1. The molecule has 3 aromatic rings. The molecule has 0 unspecified atom stereocenters. The molecule has 0 spiro atoms. The predicted molar refractivity (Wildman–Crippen MR) is 157 cm³/mol. The van der Waals surface area contributed by atoms with Crippen molar-refractivity contribution < 1.29 is 4.79 Å². The Hall–Kier alpha value is -2.34. The van der Waals surface area contributed by atoms with Crippen molar-refractivity contribution in [3.63, 3.8) is 0 Å². The molecule has 0 bridgehead atoms. The Morgan fingerprint density at radius 1 is 0.806 bits per heavy atom. The molecule has 0 saturated carbocycles. The van der Waals surface area contributed by atoms with E-state index < -0.39 is 18.4 Å². The summed E-state index contributed by atoms with van der Waals surface area (Å²) in [5.41, 5.74) is 3.55. The number of aromatic nitrogens is 1. The normalized spacial score (nSPS) is 11.3. The van der Waals surface area contributed by atoms with Crippen molar-refractivity contribution in [3.05, 3.63) is 84.2 Å². The number of anilines is 2. The number of nitrogens with one attached hydrogen (secondary N) is 2. The van der Waals surface area contributed by atoms with Gasteiger partial charge < -0.3 is 0 Å². The number of nitrogens with zero attached hydrogens (tertiary/aromatic N) is 1. The molecule has 0 atom stereocenters. The Labute approximate surface area is 222 Å². The van der Waals surface area contributed by atoms with Gasteiger partial charge in [0.05, 0.1) is 0 Å². The number of rotatable bonds is 15. The fraction of sp³-hybridized carbons (Fsp3) is 0.419. The van der Waals surface area contributed by atoms with E-state index in [-0.39, 0.29) is 5.91 Å². The number of unbranched alkanes of at least 4 members (excludes halogenated alkanes) is 3. The van der Waals surface area contributed by atoms with Crippen LogP contribution in [0, 0.1) is 0 Å². The maximum atomic E-state index is 13.4. The van der Waals surface area contributed by atoms with Crippen LogP contribution in [-0.2, 0) is 6.54 Å². The summed E-state index contributed by atoms with van der Waals surface area (Å²) >= 11 is -2.55. The van der Waals surface area contributed by atoms with E-state index in [1.54, 1.807) is 16.0 Å². The first-order chi connectivity index (χ1) is 17.6. The van der Waals surface area contributed by atoms with Gasteiger partial charge in [-0.25, -0.2) is 0 Å². The maximum absolute atomic E-state index is 13.4. The Morgan fingerprint density at radius 3 is 2.08 bits per heavy atom.